The summed E-state index contributed by atoms with van der Waals surface area (Å²) in [5.41, 5.74) is 1.12. The molecule has 0 saturated carbocycles. The van der Waals surface area contributed by atoms with Gasteiger partial charge in [-0.25, -0.2) is 9.59 Å². The van der Waals surface area contributed by atoms with Crippen molar-refractivity contribution in [2.24, 2.45) is 0 Å². The Morgan fingerprint density at radius 1 is 1.00 bits per heavy atom. The van der Waals surface area contributed by atoms with Gasteiger partial charge in [-0.3, -0.25) is 14.9 Å². The van der Waals surface area contributed by atoms with E-state index in [2.05, 4.69) is 10.6 Å². The van der Waals surface area contributed by atoms with Gasteiger partial charge in [0, 0.05) is 0 Å². The van der Waals surface area contributed by atoms with Crippen LogP contribution in [0.1, 0.15) is 45.0 Å². The molecule has 9 heteroatoms. The monoisotopic (exact) mass is 418 g/mol. The van der Waals surface area contributed by atoms with Crippen LogP contribution in [0.25, 0.3) is 0 Å². The molecular weight excluding hydrogens is 396 g/mol. The van der Waals surface area contributed by atoms with E-state index in [4.69, 9.17) is 9.47 Å². The van der Waals surface area contributed by atoms with Crippen LogP contribution >= 0.6 is 11.3 Å². The molecule has 0 radical (unpaired) electrons. The highest BCUT2D eigenvalue weighted by molar-refractivity contribution is 7.18. The molecule has 0 bridgehead atoms. The molecule has 154 valence electrons. The van der Waals surface area contributed by atoms with E-state index in [1.807, 2.05) is 18.2 Å². The molecule has 2 rings (SSSR count). The van der Waals surface area contributed by atoms with E-state index in [-0.39, 0.29) is 41.0 Å². The number of benzene rings is 1. The minimum absolute atomic E-state index is 0.0208. The van der Waals surface area contributed by atoms with Crippen molar-refractivity contribution in [1.82, 2.24) is 5.32 Å². The summed E-state index contributed by atoms with van der Waals surface area (Å²) in [5.74, 6) is -1.75. The Morgan fingerprint density at radius 3 is 2.28 bits per heavy atom. The van der Waals surface area contributed by atoms with Crippen LogP contribution in [0.15, 0.2) is 30.3 Å². The molecule has 8 nitrogen and oxygen atoms in total. The number of carbonyl (C=O) groups is 4. The summed E-state index contributed by atoms with van der Waals surface area (Å²) >= 11 is 0.922. The second-order valence-electron chi connectivity index (χ2n) is 5.87. The number of nitrogens with one attached hydrogen (secondary N) is 2. The molecular formula is C20H22N2O6S. The summed E-state index contributed by atoms with van der Waals surface area (Å²) in [6, 6.07) is 9.08. The van der Waals surface area contributed by atoms with Crippen LogP contribution < -0.4 is 10.6 Å². The van der Waals surface area contributed by atoms with E-state index in [0.717, 1.165) is 16.9 Å². The van der Waals surface area contributed by atoms with Gasteiger partial charge in [-0.2, -0.15) is 0 Å². The van der Waals surface area contributed by atoms with Gasteiger partial charge in [0.05, 0.1) is 25.2 Å². The number of alkyl carbamates (subject to hydrolysis) is 1. The largest absolute Gasteiger partial charge is 0.462 e. The molecule has 1 aromatic heterocycles. The summed E-state index contributed by atoms with van der Waals surface area (Å²) in [6.07, 6.45) is -0.826. The summed E-state index contributed by atoms with van der Waals surface area (Å²) in [5, 5.41) is 4.91. The SMILES string of the molecule is CCOC(=O)NC(=O)c1c(NC(=O)Cc2ccccc2)sc(C(=O)OCC)c1C. The van der Waals surface area contributed by atoms with E-state index < -0.39 is 18.0 Å². The van der Waals surface area contributed by atoms with Crippen LogP contribution in [0.5, 0.6) is 0 Å². The smallest absolute Gasteiger partial charge is 0.414 e. The molecule has 1 aromatic carbocycles. The number of hydrogen-bond donors (Lipinski definition) is 2. The number of thiophene rings is 1. The van der Waals surface area contributed by atoms with Crippen LogP contribution in [0.4, 0.5) is 9.80 Å². The second-order valence-corrected chi connectivity index (χ2v) is 6.89. The van der Waals surface area contributed by atoms with E-state index in [0.29, 0.717) is 5.56 Å². The van der Waals surface area contributed by atoms with Crippen molar-refractivity contribution < 1.29 is 28.7 Å². The van der Waals surface area contributed by atoms with Gasteiger partial charge in [0.15, 0.2) is 0 Å². The molecule has 2 N–H and O–H groups in total. The van der Waals surface area contributed by atoms with Gasteiger partial charge >= 0.3 is 12.1 Å². The van der Waals surface area contributed by atoms with Crippen molar-refractivity contribution in [3.63, 3.8) is 0 Å². The molecule has 0 aliphatic carbocycles. The third-order valence-corrected chi connectivity index (χ3v) is 4.97. The quantitative estimate of drug-likeness (QED) is 0.668. The van der Waals surface area contributed by atoms with Crippen LogP contribution in [-0.4, -0.2) is 37.1 Å². The first-order valence-corrected chi connectivity index (χ1v) is 9.81. The Labute approximate surface area is 172 Å². The second kappa shape index (κ2) is 10.4. The van der Waals surface area contributed by atoms with Crippen molar-refractivity contribution >= 4 is 40.2 Å². The zero-order valence-electron chi connectivity index (χ0n) is 16.4. The van der Waals surface area contributed by atoms with E-state index >= 15 is 0 Å². The molecule has 3 amide bonds. The lowest BCUT2D eigenvalue weighted by molar-refractivity contribution is -0.115. The fraction of sp³-hybridized carbons (Fsp3) is 0.300. The van der Waals surface area contributed by atoms with E-state index in [9.17, 15) is 19.2 Å². The maximum atomic E-state index is 12.6. The van der Waals surface area contributed by atoms with Crippen LogP contribution in [0.3, 0.4) is 0 Å². The Hall–Kier alpha value is -3.20. The highest BCUT2D eigenvalue weighted by Crippen LogP contribution is 2.34. The summed E-state index contributed by atoms with van der Waals surface area (Å²) in [4.78, 5) is 49.1. The minimum atomic E-state index is -0.914. The number of esters is 1. The van der Waals surface area contributed by atoms with Crippen molar-refractivity contribution in [3.05, 3.63) is 51.9 Å². The average molecular weight is 418 g/mol. The third kappa shape index (κ3) is 5.89. The number of anilines is 1. The lowest BCUT2D eigenvalue weighted by Crippen LogP contribution is -2.32. The lowest BCUT2D eigenvalue weighted by Gasteiger charge is -2.08. The zero-order chi connectivity index (χ0) is 21.4. The molecule has 0 saturated heterocycles. The Bertz CT molecular complexity index is 907. The molecule has 0 unspecified atom stereocenters. The first-order chi connectivity index (χ1) is 13.9. The molecule has 1 heterocycles. The van der Waals surface area contributed by atoms with Crippen LogP contribution in [0, 0.1) is 6.92 Å². The maximum absolute atomic E-state index is 12.6. The van der Waals surface area contributed by atoms with E-state index in [1.165, 1.54) is 0 Å². The Balaban J connectivity index is 2.31. The van der Waals surface area contributed by atoms with Gasteiger partial charge in [0.2, 0.25) is 5.91 Å². The number of rotatable bonds is 7. The molecule has 0 atom stereocenters. The standard InChI is InChI=1S/C20H22N2O6S/c1-4-27-19(25)16-12(3)15(17(24)22-20(26)28-5-2)18(29-16)21-14(23)11-13-9-7-6-8-10-13/h6-10H,4-5,11H2,1-3H3,(H,21,23)(H,22,24,26). The molecule has 0 spiro atoms. The van der Waals surface area contributed by atoms with Gasteiger partial charge in [0.25, 0.3) is 5.91 Å². The average Bonchev–Trinajstić information content (AvgIpc) is 2.98. The number of imide groups is 1. The molecule has 29 heavy (non-hydrogen) atoms. The predicted molar refractivity (Wildman–Crippen MR) is 108 cm³/mol. The third-order valence-electron chi connectivity index (χ3n) is 3.79. The van der Waals surface area contributed by atoms with Gasteiger partial charge in [-0.05, 0) is 31.9 Å². The molecule has 0 aliphatic heterocycles. The lowest BCUT2D eigenvalue weighted by atomic mass is 10.1. The molecule has 0 aliphatic rings. The van der Waals surface area contributed by atoms with Gasteiger partial charge in [-0.1, -0.05) is 30.3 Å². The predicted octanol–water partition coefficient (Wildman–Crippen LogP) is 3.30. The van der Waals surface area contributed by atoms with E-state index in [1.54, 1.807) is 32.9 Å². The normalized spacial score (nSPS) is 10.2. The van der Waals surface area contributed by atoms with Gasteiger partial charge < -0.3 is 14.8 Å². The van der Waals surface area contributed by atoms with Gasteiger partial charge in [0.1, 0.15) is 9.88 Å². The number of hydrogen-bond acceptors (Lipinski definition) is 7. The highest BCUT2D eigenvalue weighted by Gasteiger charge is 2.27. The van der Waals surface area contributed by atoms with Crippen molar-refractivity contribution in [2.45, 2.75) is 27.2 Å². The van der Waals surface area contributed by atoms with Gasteiger partial charge in [-0.15, -0.1) is 11.3 Å². The fourth-order valence-electron chi connectivity index (χ4n) is 2.54. The zero-order valence-corrected chi connectivity index (χ0v) is 17.2. The minimum Gasteiger partial charge on any atom is -0.462 e. The molecule has 0 fully saturated rings. The van der Waals surface area contributed by atoms with Crippen molar-refractivity contribution in [3.8, 4) is 0 Å². The first-order valence-electron chi connectivity index (χ1n) is 8.99. The van der Waals surface area contributed by atoms with Crippen molar-refractivity contribution in [1.29, 1.82) is 0 Å². The fourth-order valence-corrected chi connectivity index (χ4v) is 3.66. The number of ether oxygens (including phenoxy) is 2. The first kappa shape index (κ1) is 22.1. The molecule has 2 aromatic rings. The number of carbonyl (C=O) groups excluding carboxylic acids is 4. The summed E-state index contributed by atoms with van der Waals surface area (Å²) in [6.45, 7) is 5.08. The maximum Gasteiger partial charge on any atom is 0.414 e. The van der Waals surface area contributed by atoms with Crippen LogP contribution in [0.2, 0.25) is 0 Å². The topological polar surface area (TPSA) is 111 Å². The summed E-state index contributed by atoms with van der Waals surface area (Å²) < 4.78 is 9.73. The number of amides is 3. The Morgan fingerprint density at radius 2 is 1.66 bits per heavy atom. The highest BCUT2D eigenvalue weighted by atomic mass is 32.1. The Kier molecular flexibility index (Phi) is 7.90. The van der Waals surface area contributed by atoms with Crippen LogP contribution in [-0.2, 0) is 20.7 Å². The summed E-state index contributed by atoms with van der Waals surface area (Å²) in [7, 11) is 0. The van der Waals surface area contributed by atoms with Crippen molar-refractivity contribution in [2.75, 3.05) is 18.5 Å².